The van der Waals surface area contributed by atoms with E-state index in [1.165, 1.54) is 0 Å². The predicted octanol–water partition coefficient (Wildman–Crippen LogP) is 4.74. The van der Waals surface area contributed by atoms with Crippen LogP contribution >= 0.6 is 15.9 Å². The van der Waals surface area contributed by atoms with Crippen LogP contribution in [0.15, 0.2) is 53.0 Å². The zero-order valence-corrected chi connectivity index (χ0v) is 16.4. The number of amides is 1. The normalized spacial score (nSPS) is 11.9. The largest absolute Gasteiger partial charge is 0.497 e. The molecule has 2 aromatic carbocycles. The van der Waals surface area contributed by atoms with Gasteiger partial charge >= 0.3 is 0 Å². The van der Waals surface area contributed by atoms with Gasteiger partial charge in [0.2, 0.25) is 0 Å². The molecule has 0 heterocycles. The minimum Gasteiger partial charge on any atom is -0.497 e. The molecular formula is C20H24BrNO3. The van der Waals surface area contributed by atoms with Crippen molar-refractivity contribution in [3.05, 3.63) is 58.6 Å². The Morgan fingerprint density at radius 3 is 2.20 bits per heavy atom. The van der Waals surface area contributed by atoms with Crippen LogP contribution in [0.1, 0.15) is 31.9 Å². The van der Waals surface area contributed by atoms with Gasteiger partial charge in [0, 0.05) is 4.47 Å². The number of hydrogen-bond donors (Lipinski definition) is 1. The quantitative estimate of drug-likeness (QED) is 0.689. The first kappa shape index (κ1) is 19.3. The van der Waals surface area contributed by atoms with Crippen LogP contribution in [0, 0.1) is 5.92 Å². The highest BCUT2D eigenvalue weighted by molar-refractivity contribution is 9.10. The number of ether oxygens (including phenoxy) is 2. The number of benzene rings is 2. The molecule has 1 N–H and O–H groups in total. The van der Waals surface area contributed by atoms with Crippen LogP contribution in [-0.4, -0.2) is 19.6 Å². The molecule has 0 saturated carbocycles. The smallest absolute Gasteiger partial charge is 0.258 e. The fraction of sp³-hybridized carbons (Fsp3) is 0.350. The van der Waals surface area contributed by atoms with E-state index in [4.69, 9.17) is 9.47 Å². The number of rotatable bonds is 8. The molecule has 1 atom stereocenters. The van der Waals surface area contributed by atoms with Crippen molar-refractivity contribution in [1.82, 2.24) is 5.32 Å². The Morgan fingerprint density at radius 2 is 1.64 bits per heavy atom. The van der Waals surface area contributed by atoms with Crippen LogP contribution < -0.4 is 14.8 Å². The molecule has 1 amide bonds. The molecule has 134 valence electrons. The lowest BCUT2D eigenvalue weighted by molar-refractivity contribution is -0.124. The molecule has 0 radical (unpaired) electrons. The summed E-state index contributed by atoms with van der Waals surface area (Å²) >= 11 is 3.37. The van der Waals surface area contributed by atoms with E-state index in [2.05, 4.69) is 35.1 Å². The highest BCUT2D eigenvalue weighted by Crippen LogP contribution is 2.23. The van der Waals surface area contributed by atoms with Gasteiger partial charge in [0.05, 0.1) is 13.2 Å². The van der Waals surface area contributed by atoms with Gasteiger partial charge in [-0.15, -0.1) is 0 Å². The van der Waals surface area contributed by atoms with Gasteiger partial charge in [-0.3, -0.25) is 4.79 Å². The summed E-state index contributed by atoms with van der Waals surface area (Å²) in [5, 5.41) is 3.07. The van der Waals surface area contributed by atoms with Crippen molar-refractivity contribution < 1.29 is 14.3 Å². The summed E-state index contributed by atoms with van der Waals surface area (Å²) in [7, 11) is 1.64. The highest BCUT2D eigenvalue weighted by atomic mass is 79.9. The molecule has 0 saturated heterocycles. The summed E-state index contributed by atoms with van der Waals surface area (Å²) in [6.45, 7) is 4.27. The molecule has 0 aliphatic carbocycles. The summed E-state index contributed by atoms with van der Waals surface area (Å²) in [5.74, 6) is 1.80. The van der Waals surface area contributed by atoms with Gasteiger partial charge < -0.3 is 14.8 Å². The van der Waals surface area contributed by atoms with Crippen molar-refractivity contribution in [2.75, 3.05) is 13.7 Å². The molecule has 1 unspecified atom stereocenters. The van der Waals surface area contributed by atoms with E-state index in [0.29, 0.717) is 11.7 Å². The van der Waals surface area contributed by atoms with Gasteiger partial charge in [-0.25, -0.2) is 0 Å². The van der Waals surface area contributed by atoms with Gasteiger partial charge in [0.25, 0.3) is 5.91 Å². The van der Waals surface area contributed by atoms with Crippen LogP contribution in [0.25, 0.3) is 0 Å². The molecule has 0 aromatic heterocycles. The second kappa shape index (κ2) is 9.47. The van der Waals surface area contributed by atoms with Gasteiger partial charge in [0.1, 0.15) is 11.5 Å². The Morgan fingerprint density at radius 1 is 1.04 bits per heavy atom. The summed E-state index contributed by atoms with van der Waals surface area (Å²) in [5.41, 5.74) is 1.06. The van der Waals surface area contributed by atoms with Crippen molar-refractivity contribution in [1.29, 1.82) is 0 Å². The van der Waals surface area contributed by atoms with E-state index >= 15 is 0 Å². The molecule has 0 aliphatic heterocycles. The maximum absolute atomic E-state index is 12.3. The molecule has 0 aliphatic rings. The number of halogens is 1. The van der Waals surface area contributed by atoms with Crippen molar-refractivity contribution in [2.45, 2.75) is 26.3 Å². The first-order chi connectivity index (χ1) is 12.0. The summed E-state index contributed by atoms with van der Waals surface area (Å²) in [6.07, 6.45) is 0.857. The average Bonchev–Trinajstić information content (AvgIpc) is 2.60. The molecular weight excluding hydrogens is 382 g/mol. The van der Waals surface area contributed by atoms with E-state index in [1.54, 1.807) is 7.11 Å². The Bertz CT molecular complexity index is 668. The van der Waals surface area contributed by atoms with Crippen LogP contribution in [0.5, 0.6) is 11.5 Å². The topological polar surface area (TPSA) is 47.6 Å². The van der Waals surface area contributed by atoms with Gasteiger partial charge in [0.15, 0.2) is 6.61 Å². The minimum atomic E-state index is -0.135. The standard InChI is InChI=1S/C20H24BrNO3/c1-14(2)12-19(15-4-8-17(24-3)9-5-15)22-20(23)13-25-18-10-6-16(21)7-11-18/h4-11,14,19H,12-13H2,1-3H3,(H,22,23). The van der Waals surface area contributed by atoms with Gasteiger partial charge in [-0.1, -0.05) is 41.9 Å². The number of nitrogens with one attached hydrogen (secondary N) is 1. The monoisotopic (exact) mass is 405 g/mol. The molecule has 4 nitrogen and oxygen atoms in total. The SMILES string of the molecule is COc1ccc(C(CC(C)C)NC(=O)COc2ccc(Br)cc2)cc1. The molecule has 0 bridgehead atoms. The van der Waals surface area contributed by atoms with Crippen molar-refractivity contribution in [3.8, 4) is 11.5 Å². The van der Waals surface area contributed by atoms with Crippen molar-refractivity contribution in [2.24, 2.45) is 5.92 Å². The number of carbonyl (C=O) groups excluding carboxylic acids is 1. The Kier molecular flexibility index (Phi) is 7.31. The van der Waals surface area contributed by atoms with Gasteiger partial charge in [-0.2, -0.15) is 0 Å². The molecule has 0 spiro atoms. The summed E-state index contributed by atoms with van der Waals surface area (Å²) in [4.78, 5) is 12.3. The van der Waals surface area contributed by atoms with E-state index in [9.17, 15) is 4.79 Å². The lowest BCUT2D eigenvalue weighted by Crippen LogP contribution is -2.33. The first-order valence-corrected chi connectivity index (χ1v) is 9.09. The summed E-state index contributed by atoms with van der Waals surface area (Å²) < 4.78 is 11.7. The van der Waals surface area contributed by atoms with Crippen molar-refractivity contribution >= 4 is 21.8 Å². The van der Waals surface area contributed by atoms with Gasteiger partial charge in [-0.05, 0) is 54.3 Å². The fourth-order valence-electron chi connectivity index (χ4n) is 2.50. The minimum absolute atomic E-state index is 0.00756. The lowest BCUT2D eigenvalue weighted by Gasteiger charge is -2.21. The number of hydrogen-bond acceptors (Lipinski definition) is 3. The second-order valence-corrected chi connectivity index (χ2v) is 7.18. The maximum Gasteiger partial charge on any atom is 0.258 e. The predicted molar refractivity (Wildman–Crippen MR) is 103 cm³/mol. The second-order valence-electron chi connectivity index (χ2n) is 6.27. The Balaban J connectivity index is 1.97. The number of carbonyl (C=O) groups is 1. The van der Waals surface area contributed by atoms with Crippen LogP contribution in [0.3, 0.4) is 0 Å². The van der Waals surface area contributed by atoms with Crippen LogP contribution in [-0.2, 0) is 4.79 Å². The Hall–Kier alpha value is -2.01. The van der Waals surface area contributed by atoms with Crippen LogP contribution in [0.4, 0.5) is 0 Å². The average molecular weight is 406 g/mol. The molecule has 5 heteroatoms. The Labute approximate surface area is 157 Å². The van der Waals surface area contributed by atoms with Crippen LogP contribution in [0.2, 0.25) is 0 Å². The van der Waals surface area contributed by atoms with E-state index in [1.807, 2.05) is 48.5 Å². The van der Waals surface area contributed by atoms with Crippen molar-refractivity contribution in [3.63, 3.8) is 0 Å². The third kappa shape index (κ3) is 6.42. The van der Waals surface area contributed by atoms with E-state index in [-0.39, 0.29) is 18.6 Å². The highest BCUT2D eigenvalue weighted by Gasteiger charge is 2.16. The zero-order valence-electron chi connectivity index (χ0n) is 14.8. The third-order valence-electron chi connectivity index (χ3n) is 3.74. The third-order valence-corrected chi connectivity index (χ3v) is 4.27. The first-order valence-electron chi connectivity index (χ1n) is 8.29. The van der Waals surface area contributed by atoms with E-state index in [0.717, 1.165) is 22.2 Å². The fourth-order valence-corrected chi connectivity index (χ4v) is 2.77. The maximum atomic E-state index is 12.3. The summed E-state index contributed by atoms with van der Waals surface area (Å²) in [6, 6.07) is 15.2. The zero-order chi connectivity index (χ0) is 18.2. The number of methoxy groups -OCH3 is 1. The molecule has 2 aromatic rings. The molecule has 25 heavy (non-hydrogen) atoms. The van der Waals surface area contributed by atoms with E-state index < -0.39 is 0 Å². The lowest BCUT2D eigenvalue weighted by atomic mass is 9.97. The molecule has 0 fully saturated rings. The molecule has 2 rings (SSSR count).